The molecule has 0 aliphatic heterocycles. The quantitative estimate of drug-likeness (QED) is 0.464. The predicted molar refractivity (Wildman–Crippen MR) is 109 cm³/mol. The SMILES string of the molecule is CC(C)(C)c1cc(-c2n[nH]c3ccc(C(C)(C)C)cc23)c2cn[nH]c2c1. The van der Waals surface area contributed by atoms with E-state index in [0.717, 1.165) is 33.1 Å². The number of hydrogen-bond donors (Lipinski definition) is 2. The molecule has 0 spiro atoms. The summed E-state index contributed by atoms with van der Waals surface area (Å²) in [5.74, 6) is 0. The Morgan fingerprint density at radius 3 is 2.15 bits per heavy atom. The van der Waals surface area contributed by atoms with Crippen LogP contribution in [0.5, 0.6) is 0 Å². The third-order valence-corrected chi connectivity index (χ3v) is 5.11. The Morgan fingerprint density at radius 2 is 1.46 bits per heavy atom. The topological polar surface area (TPSA) is 57.4 Å². The first-order valence-electron chi connectivity index (χ1n) is 9.11. The van der Waals surface area contributed by atoms with E-state index in [-0.39, 0.29) is 10.8 Å². The predicted octanol–water partition coefficient (Wildman–Crippen LogP) is 5.70. The number of aromatic amines is 2. The second-order valence-electron chi connectivity index (χ2n) is 9.19. The van der Waals surface area contributed by atoms with E-state index < -0.39 is 0 Å². The Hall–Kier alpha value is -2.62. The molecule has 26 heavy (non-hydrogen) atoms. The minimum absolute atomic E-state index is 0.0523. The molecular weight excluding hydrogens is 320 g/mol. The van der Waals surface area contributed by atoms with Crippen molar-refractivity contribution in [2.24, 2.45) is 0 Å². The molecule has 0 fully saturated rings. The molecule has 0 amide bonds. The molecule has 2 heterocycles. The van der Waals surface area contributed by atoms with Crippen molar-refractivity contribution in [1.82, 2.24) is 20.4 Å². The van der Waals surface area contributed by atoms with Gasteiger partial charge in [0.25, 0.3) is 0 Å². The molecule has 0 unspecified atom stereocenters. The van der Waals surface area contributed by atoms with Gasteiger partial charge < -0.3 is 0 Å². The standard InChI is InChI=1S/C22H26N4/c1-21(2,3)13-7-8-18-16(9-13)20(26-25-18)15-10-14(22(4,5)6)11-19-17(15)12-23-24-19/h7-12H,1-6H3,(H,23,24)(H,25,26). The lowest BCUT2D eigenvalue weighted by atomic mass is 9.84. The highest BCUT2D eigenvalue weighted by Gasteiger charge is 2.21. The molecule has 4 aromatic rings. The van der Waals surface area contributed by atoms with Gasteiger partial charge in [-0.2, -0.15) is 10.2 Å². The van der Waals surface area contributed by atoms with Crippen molar-refractivity contribution < 1.29 is 0 Å². The molecule has 4 rings (SSSR count). The van der Waals surface area contributed by atoms with Crippen molar-refractivity contribution in [3.63, 3.8) is 0 Å². The van der Waals surface area contributed by atoms with Gasteiger partial charge >= 0.3 is 0 Å². The highest BCUT2D eigenvalue weighted by atomic mass is 15.1. The third kappa shape index (κ3) is 2.70. The van der Waals surface area contributed by atoms with Crippen molar-refractivity contribution in [1.29, 1.82) is 0 Å². The van der Waals surface area contributed by atoms with E-state index in [1.807, 2.05) is 6.20 Å². The lowest BCUT2D eigenvalue weighted by Gasteiger charge is -2.20. The van der Waals surface area contributed by atoms with E-state index in [0.29, 0.717) is 0 Å². The zero-order valence-corrected chi connectivity index (χ0v) is 16.4. The monoisotopic (exact) mass is 346 g/mol. The average molecular weight is 346 g/mol. The smallest absolute Gasteiger partial charge is 0.101 e. The highest BCUT2D eigenvalue weighted by Crippen LogP contribution is 2.37. The molecule has 0 aliphatic rings. The molecule has 4 nitrogen and oxygen atoms in total. The minimum Gasteiger partial charge on any atom is -0.278 e. The summed E-state index contributed by atoms with van der Waals surface area (Å²) in [6, 6.07) is 11.0. The highest BCUT2D eigenvalue weighted by molar-refractivity contribution is 6.02. The average Bonchev–Trinajstić information content (AvgIpc) is 3.18. The lowest BCUT2D eigenvalue weighted by molar-refractivity contribution is 0.591. The van der Waals surface area contributed by atoms with E-state index in [9.17, 15) is 0 Å². The molecule has 0 saturated carbocycles. The zero-order chi connectivity index (χ0) is 18.7. The molecule has 134 valence electrons. The summed E-state index contributed by atoms with van der Waals surface area (Å²) in [4.78, 5) is 0. The Labute approximate surface area is 154 Å². The maximum atomic E-state index is 4.67. The number of fused-ring (bicyclic) bond motifs is 2. The summed E-state index contributed by atoms with van der Waals surface area (Å²) in [6.07, 6.45) is 1.89. The van der Waals surface area contributed by atoms with Gasteiger partial charge in [0.05, 0.1) is 17.2 Å². The number of benzene rings is 2. The maximum absolute atomic E-state index is 4.67. The van der Waals surface area contributed by atoms with Crippen molar-refractivity contribution in [3.8, 4) is 11.3 Å². The van der Waals surface area contributed by atoms with E-state index in [2.05, 4.69) is 92.3 Å². The summed E-state index contributed by atoms with van der Waals surface area (Å²) in [6.45, 7) is 13.4. The number of hydrogen-bond acceptors (Lipinski definition) is 2. The normalized spacial score (nSPS) is 13.0. The second kappa shape index (κ2) is 5.44. The second-order valence-corrected chi connectivity index (χ2v) is 9.19. The van der Waals surface area contributed by atoms with Gasteiger partial charge in [0.2, 0.25) is 0 Å². The third-order valence-electron chi connectivity index (χ3n) is 5.11. The van der Waals surface area contributed by atoms with Gasteiger partial charge in [-0.15, -0.1) is 0 Å². The van der Waals surface area contributed by atoms with Gasteiger partial charge in [0, 0.05) is 16.3 Å². The lowest BCUT2D eigenvalue weighted by Crippen LogP contribution is -2.11. The summed E-state index contributed by atoms with van der Waals surface area (Å²) < 4.78 is 0. The Kier molecular flexibility index (Phi) is 3.52. The van der Waals surface area contributed by atoms with Crippen LogP contribution in [0.4, 0.5) is 0 Å². The Morgan fingerprint density at radius 1 is 0.731 bits per heavy atom. The molecule has 2 aromatic heterocycles. The molecule has 0 saturated heterocycles. The first kappa shape index (κ1) is 16.8. The first-order chi connectivity index (χ1) is 12.1. The van der Waals surface area contributed by atoms with Crippen LogP contribution in [0, 0.1) is 0 Å². The van der Waals surface area contributed by atoms with Crippen LogP contribution in [-0.2, 0) is 10.8 Å². The van der Waals surface area contributed by atoms with Gasteiger partial charge in [0.1, 0.15) is 5.69 Å². The van der Waals surface area contributed by atoms with Crippen molar-refractivity contribution in [3.05, 3.63) is 47.7 Å². The van der Waals surface area contributed by atoms with Crippen molar-refractivity contribution >= 4 is 21.8 Å². The van der Waals surface area contributed by atoms with Crippen LogP contribution in [0.25, 0.3) is 33.1 Å². The van der Waals surface area contributed by atoms with Gasteiger partial charge in [-0.05, 0) is 46.2 Å². The number of nitrogens with zero attached hydrogens (tertiary/aromatic N) is 2. The molecule has 0 atom stereocenters. The maximum Gasteiger partial charge on any atom is 0.101 e. The molecule has 0 radical (unpaired) electrons. The molecule has 2 aromatic carbocycles. The van der Waals surface area contributed by atoms with E-state index in [4.69, 9.17) is 0 Å². The fourth-order valence-electron chi connectivity index (χ4n) is 3.37. The van der Waals surface area contributed by atoms with E-state index in [1.54, 1.807) is 0 Å². The largest absolute Gasteiger partial charge is 0.278 e. The molecule has 2 N–H and O–H groups in total. The van der Waals surface area contributed by atoms with E-state index in [1.165, 1.54) is 11.1 Å². The fraction of sp³-hybridized carbons (Fsp3) is 0.364. The number of aromatic nitrogens is 4. The van der Waals surface area contributed by atoms with Gasteiger partial charge in [0.15, 0.2) is 0 Å². The zero-order valence-electron chi connectivity index (χ0n) is 16.4. The summed E-state index contributed by atoms with van der Waals surface area (Å²) in [5.41, 5.74) is 6.95. The molecule has 0 aliphatic carbocycles. The van der Waals surface area contributed by atoms with Crippen molar-refractivity contribution in [2.75, 3.05) is 0 Å². The fourth-order valence-corrected chi connectivity index (χ4v) is 3.37. The molecule has 0 bridgehead atoms. The van der Waals surface area contributed by atoms with Crippen LogP contribution in [0.1, 0.15) is 52.7 Å². The van der Waals surface area contributed by atoms with E-state index >= 15 is 0 Å². The Bertz CT molecular complexity index is 1100. The summed E-state index contributed by atoms with van der Waals surface area (Å²) >= 11 is 0. The van der Waals surface area contributed by atoms with Crippen molar-refractivity contribution in [2.45, 2.75) is 52.4 Å². The van der Waals surface area contributed by atoms with Crippen LogP contribution < -0.4 is 0 Å². The molecular formula is C22H26N4. The number of nitrogens with one attached hydrogen (secondary N) is 2. The summed E-state index contributed by atoms with van der Waals surface area (Å²) in [5, 5.41) is 17.5. The number of H-pyrrole nitrogens is 2. The minimum atomic E-state index is 0.0523. The van der Waals surface area contributed by atoms with Crippen LogP contribution >= 0.6 is 0 Å². The van der Waals surface area contributed by atoms with Crippen LogP contribution in [0.3, 0.4) is 0 Å². The summed E-state index contributed by atoms with van der Waals surface area (Å²) in [7, 11) is 0. The Balaban J connectivity index is 2.02. The van der Waals surface area contributed by atoms with Gasteiger partial charge in [-0.1, -0.05) is 47.6 Å². The first-order valence-corrected chi connectivity index (χ1v) is 9.11. The van der Waals surface area contributed by atoms with Crippen LogP contribution in [-0.4, -0.2) is 20.4 Å². The van der Waals surface area contributed by atoms with Gasteiger partial charge in [-0.3, -0.25) is 10.2 Å². The van der Waals surface area contributed by atoms with Crippen LogP contribution in [0.15, 0.2) is 36.5 Å². The molecule has 4 heteroatoms. The number of rotatable bonds is 1. The van der Waals surface area contributed by atoms with Gasteiger partial charge in [-0.25, -0.2) is 0 Å². The van der Waals surface area contributed by atoms with Crippen LogP contribution in [0.2, 0.25) is 0 Å².